The lowest BCUT2D eigenvalue weighted by Crippen LogP contribution is -2.14. The summed E-state index contributed by atoms with van der Waals surface area (Å²) in [5.74, 6) is 0.893. The van der Waals surface area contributed by atoms with Crippen molar-refractivity contribution in [2.75, 3.05) is 13.1 Å². The first-order valence-electron chi connectivity index (χ1n) is 6.70. The molecule has 0 spiro atoms. The molecular weight excluding hydrogens is 194 g/mol. The summed E-state index contributed by atoms with van der Waals surface area (Å²) in [6.45, 7) is 4.43. The van der Waals surface area contributed by atoms with Crippen molar-refractivity contribution < 1.29 is 0 Å². The van der Waals surface area contributed by atoms with Crippen molar-refractivity contribution in [3.05, 3.63) is 35.4 Å². The minimum atomic E-state index is 0.893. The largest absolute Gasteiger partial charge is 0.317 e. The smallest absolute Gasteiger partial charge is 0.00489 e. The average molecular weight is 217 g/mol. The van der Waals surface area contributed by atoms with E-state index in [-0.39, 0.29) is 0 Å². The fourth-order valence-electron chi connectivity index (χ4n) is 2.30. The monoisotopic (exact) mass is 217 g/mol. The Labute approximate surface area is 99.3 Å². The second-order valence-corrected chi connectivity index (χ2v) is 4.78. The third-order valence-corrected chi connectivity index (χ3v) is 3.37. The maximum absolute atomic E-state index is 3.38. The van der Waals surface area contributed by atoms with E-state index in [4.69, 9.17) is 0 Å². The van der Waals surface area contributed by atoms with E-state index in [9.17, 15) is 0 Å². The molecule has 1 nitrogen and oxygen atoms in total. The van der Waals surface area contributed by atoms with Gasteiger partial charge in [-0.15, -0.1) is 0 Å². The molecule has 0 bridgehead atoms. The third kappa shape index (κ3) is 3.34. The summed E-state index contributed by atoms with van der Waals surface area (Å²) >= 11 is 0. The third-order valence-electron chi connectivity index (χ3n) is 3.37. The molecule has 1 aromatic rings. The Morgan fingerprint density at radius 1 is 1.19 bits per heavy atom. The Bertz CT molecular complexity index is 315. The summed E-state index contributed by atoms with van der Waals surface area (Å²) in [5, 5.41) is 3.38. The summed E-state index contributed by atoms with van der Waals surface area (Å²) < 4.78 is 0. The van der Waals surface area contributed by atoms with Gasteiger partial charge in [-0.1, -0.05) is 31.2 Å². The van der Waals surface area contributed by atoms with Crippen LogP contribution in [0.1, 0.15) is 49.7 Å². The van der Waals surface area contributed by atoms with Crippen LogP contribution in [0, 0.1) is 0 Å². The molecule has 1 aliphatic rings. The number of benzene rings is 1. The van der Waals surface area contributed by atoms with Crippen LogP contribution in [0.2, 0.25) is 0 Å². The summed E-state index contributed by atoms with van der Waals surface area (Å²) in [6, 6.07) is 9.03. The van der Waals surface area contributed by atoms with Crippen molar-refractivity contribution in [2.24, 2.45) is 0 Å². The molecule has 88 valence electrons. The van der Waals surface area contributed by atoms with Crippen LogP contribution < -0.4 is 5.32 Å². The van der Waals surface area contributed by atoms with E-state index in [1.54, 1.807) is 11.1 Å². The number of hydrogen-bond acceptors (Lipinski definition) is 1. The zero-order chi connectivity index (χ0) is 11.2. The van der Waals surface area contributed by atoms with Crippen LogP contribution in [-0.4, -0.2) is 13.1 Å². The second-order valence-electron chi connectivity index (χ2n) is 4.78. The number of nitrogens with one attached hydrogen (secondary N) is 1. The van der Waals surface area contributed by atoms with Gasteiger partial charge in [0, 0.05) is 0 Å². The highest BCUT2D eigenvalue weighted by Gasteiger charge is 2.25. The van der Waals surface area contributed by atoms with Gasteiger partial charge in [-0.2, -0.15) is 0 Å². The predicted molar refractivity (Wildman–Crippen MR) is 69.9 cm³/mol. The standard InChI is InChI=1S/C15H23N/c1-2-16-12-6-5-8-13-7-3-4-9-15(13)14-10-11-14/h3-4,7,9,14,16H,2,5-6,8,10-12H2,1H3. The zero-order valence-electron chi connectivity index (χ0n) is 10.3. The molecule has 0 saturated heterocycles. The van der Waals surface area contributed by atoms with Gasteiger partial charge in [-0.05, 0) is 62.2 Å². The van der Waals surface area contributed by atoms with E-state index < -0.39 is 0 Å². The van der Waals surface area contributed by atoms with E-state index in [0.717, 1.165) is 12.5 Å². The van der Waals surface area contributed by atoms with Gasteiger partial charge in [-0.25, -0.2) is 0 Å². The van der Waals surface area contributed by atoms with E-state index in [2.05, 4.69) is 36.5 Å². The summed E-state index contributed by atoms with van der Waals surface area (Å²) in [7, 11) is 0. The number of rotatable bonds is 7. The van der Waals surface area contributed by atoms with Gasteiger partial charge >= 0.3 is 0 Å². The lowest BCUT2D eigenvalue weighted by Gasteiger charge is -2.08. The lowest BCUT2D eigenvalue weighted by molar-refractivity contribution is 0.639. The highest BCUT2D eigenvalue weighted by molar-refractivity contribution is 5.33. The second kappa shape index (κ2) is 6.05. The molecule has 2 rings (SSSR count). The van der Waals surface area contributed by atoms with Crippen molar-refractivity contribution in [3.8, 4) is 0 Å². The molecule has 0 unspecified atom stereocenters. The van der Waals surface area contributed by atoms with Crippen LogP contribution in [-0.2, 0) is 6.42 Å². The van der Waals surface area contributed by atoms with Crippen molar-refractivity contribution in [1.82, 2.24) is 5.32 Å². The highest BCUT2D eigenvalue weighted by Crippen LogP contribution is 2.41. The molecule has 1 aromatic carbocycles. The Morgan fingerprint density at radius 3 is 2.75 bits per heavy atom. The van der Waals surface area contributed by atoms with E-state index >= 15 is 0 Å². The van der Waals surface area contributed by atoms with Crippen LogP contribution >= 0.6 is 0 Å². The highest BCUT2D eigenvalue weighted by atomic mass is 14.8. The Morgan fingerprint density at radius 2 is 2.00 bits per heavy atom. The van der Waals surface area contributed by atoms with Crippen LogP contribution in [0.3, 0.4) is 0 Å². The van der Waals surface area contributed by atoms with Gasteiger partial charge in [-0.3, -0.25) is 0 Å². The van der Waals surface area contributed by atoms with Crippen LogP contribution in [0.5, 0.6) is 0 Å². The fourth-order valence-corrected chi connectivity index (χ4v) is 2.30. The summed E-state index contributed by atoms with van der Waals surface area (Å²) in [5.41, 5.74) is 3.23. The normalized spacial score (nSPS) is 15.3. The molecule has 0 atom stereocenters. The minimum Gasteiger partial charge on any atom is -0.317 e. The minimum absolute atomic E-state index is 0.893. The number of unbranched alkanes of at least 4 members (excludes halogenated alkanes) is 1. The molecule has 0 amide bonds. The summed E-state index contributed by atoms with van der Waals surface area (Å²) in [4.78, 5) is 0. The first-order valence-corrected chi connectivity index (χ1v) is 6.70. The Balaban J connectivity index is 1.79. The zero-order valence-corrected chi connectivity index (χ0v) is 10.3. The van der Waals surface area contributed by atoms with E-state index in [1.165, 1.54) is 38.6 Å². The van der Waals surface area contributed by atoms with Gasteiger partial charge in [0.2, 0.25) is 0 Å². The lowest BCUT2D eigenvalue weighted by atomic mass is 9.99. The van der Waals surface area contributed by atoms with Crippen LogP contribution in [0.4, 0.5) is 0 Å². The Hall–Kier alpha value is -0.820. The molecule has 1 aliphatic carbocycles. The molecule has 1 fully saturated rings. The molecule has 1 saturated carbocycles. The molecule has 1 heteroatoms. The fraction of sp³-hybridized carbons (Fsp3) is 0.600. The van der Waals surface area contributed by atoms with Gasteiger partial charge in [0.1, 0.15) is 0 Å². The SMILES string of the molecule is CCNCCCCc1ccccc1C1CC1. The first-order chi connectivity index (χ1) is 7.92. The van der Waals surface area contributed by atoms with Crippen LogP contribution in [0.15, 0.2) is 24.3 Å². The number of hydrogen-bond donors (Lipinski definition) is 1. The Kier molecular flexibility index (Phi) is 4.41. The van der Waals surface area contributed by atoms with Crippen molar-refractivity contribution in [1.29, 1.82) is 0 Å². The quantitative estimate of drug-likeness (QED) is 0.689. The maximum atomic E-state index is 3.38. The van der Waals surface area contributed by atoms with Crippen LogP contribution in [0.25, 0.3) is 0 Å². The van der Waals surface area contributed by atoms with E-state index in [0.29, 0.717) is 0 Å². The van der Waals surface area contributed by atoms with Gasteiger partial charge < -0.3 is 5.32 Å². The molecular formula is C15H23N. The molecule has 1 N–H and O–H groups in total. The molecule has 16 heavy (non-hydrogen) atoms. The maximum Gasteiger partial charge on any atom is -0.00489 e. The van der Waals surface area contributed by atoms with Gasteiger partial charge in [0.05, 0.1) is 0 Å². The van der Waals surface area contributed by atoms with E-state index in [1.807, 2.05) is 0 Å². The molecule has 0 aromatic heterocycles. The van der Waals surface area contributed by atoms with Gasteiger partial charge in [0.25, 0.3) is 0 Å². The van der Waals surface area contributed by atoms with Gasteiger partial charge in [0.15, 0.2) is 0 Å². The topological polar surface area (TPSA) is 12.0 Å². The van der Waals surface area contributed by atoms with Crippen molar-refractivity contribution >= 4 is 0 Å². The van der Waals surface area contributed by atoms with Crippen molar-refractivity contribution in [2.45, 2.75) is 44.9 Å². The average Bonchev–Trinajstić information content (AvgIpc) is 3.13. The molecule has 0 radical (unpaired) electrons. The summed E-state index contributed by atoms with van der Waals surface area (Å²) in [6.07, 6.45) is 6.70. The number of aryl methyl sites for hydroxylation is 1. The van der Waals surface area contributed by atoms with Crippen molar-refractivity contribution in [3.63, 3.8) is 0 Å². The first kappa shape index (κ1) is 11.7. The molecule has 0 aliphatic heterocycles. The predicted octanol–water partition coefficient (Wildman–Crippen LogP) is 3.50. The molecule has 0 heterocycles.